The molecule has 0 aliphatic heterocycles. The Kier molecular flexibility index (Phi) is 3.17. The summed E-state index contributed by atoms with van der Waals surface area (Å²) in [6.07, 6.45) is 0. The van der Waals surface area contributed by atoms with E-state index in [1.165, 1.54) is 7.11 Å². The maximum atomic E-state index is 12.4. The van der Waals surface area contributed by atoms with Crippen LogP contribution in [0.5, 0.6) is 5.75 Å². The summed E-state index contributed by atoms with van der Waals surface area (Å²) in [5, 5.41) is 9.73. The number of para-hydroxylation sites is 2. The van der Waals surface area contributed by atoms with Crippen molar-refractivity contribution in [1.82, 2.24) is 0 Å². The van der Waals surface area contributed by atoms with E-state index >= 15 is 0 Å². The minimum Gasteiger partial charge on any atom is -0.496 e. The van der Waals surface area contributed by atoms with Gasteiger partial charge in [0.05, 0.1) is 18.1 Å². The lowest BCUT2D eigenvalue weighted by Crippen LogP contribution is -2.08. The van der Waals surface area contributed by atoms with Gasteiger partial charge in [0.1, 0.15) is 23.0 Å². The van der Waals surface area contributed by atoms with Crippen molar-refractivity contribution in [2.75, 3.05) is 7.11 Å². The quantitative estimate of drug-likeness (QED) is 0.720. The molecule has 4 nitrogen and oxygen atoms in total. The fourth-order valence-electron chi connectivity index (χ4n) is 2.27. The number of nitrogens with zero attached hydrogens (tertiary/aromatic N) is 1. The van der Waals surface area contributed by atoms with Crippen LogP contribution in [-0.4, -0.2) is 7.11 Å². The molecule has 0 saturated carbocycles. The Hall–Kier alpha value is -3.06. The zero-order valence-electron chi connectivity index (χ0n) is 11.3. The summed E-state index contributed by atoms with van der Waals surface area (Å²) in [6.45, 7) is 0. The van der Waals surface area contributed by atoms with Gasteiger partial charge in [0.2, 0.25) is 5.43 Å². The molecule has 0 saturated heterocycles. The van der Waals surface area contributed by atoms with Crippen molar-refractivity contribution in [2.24, 2.45) is 0 Å². The zero-order valence-corrected chi connectivity index (χ0v) is 11.3. The molecule has 0 spiro atoms. The maximum Gasteiger partial charge on any atom is 0.211 e. The molecule has 0 atom stereocenters. The van der Waals surface area contributed by atoms with Crippen LogP contribution in [0.4, 0.5) is 0 Å². The normalized spacial score (nSPS) is 10.3. The second kappa shape index (κ2) is 5.14. The van der Waals surface area contributed by atoms with Gasteiger partial charge >= 0.3 is 0 Å². The van der Waals surface area contributed by atoms with Gasteiger partial charge < -0.3 is 9.15 Å². The standard InChI is InChI=1S/C17H11NO3/c1-20-14-8-4-3-7-12(14)17-13(10-18)16(19)11-6-2-5-9-15(11)21-17/h2-9H,1H3. The minimum absolute atomic E-state index is 0.0156. The van der Waals surface area contributed by atoms with Crippen LogP contribution in [0.25, 0.3) is 22.3 Å². The summed E-state index contributed by atoms with van der Waals surface area (Å²) in [6, 6.07) is 15.9. The Morgan fingerprint density at radius 1 is 1.10 bits per heavy atom. The average molecular weight is 277 g/mol. The number of methoxy groups -OCH3 is 1. The minimum atomic E-state index is -0.333. The molecule has 0 fully saturated rings. The van der Waals surface area contributed by atoms with Gasteiger partial charge in [0, 0.05) is 0 Å². The molecule has 0 unspecified atom stereocenters. The molecule has 0 radical (unpaired) electrons. The fraction of sp³-hybridized carbons (Fsp3) is 0.0588. The van der Waals surface area contributed by atoms with Gasteiger partial charge in [-0.2, -0.15) is 5.26 Å². The van der Waals surface area contributed by atoms with Crippen LogP contribution in [0.1, 0.15) is 5.56 Å². The summed E-state index contributed by atoms with van der Waals surface area (Å²) in [5.74, 6) is 0.783. The topological polar surface area (TPSA) is 63.2 Å². The van der Waals surface area contributed by atoms with Crippen molar-refractivity contribution >= 4 is 11.0 Å². The van der Waals surface area contributed by atoms with Crippen LogP contribution in [0.3, 0.4) is 0 Å². The lowest BCUT2D eigenvalue weighted by Gasteiger charge is -2.09. The number of hydrogen-bond donors (Lipinski definition) is 0. The molecule has 1 aromatic heterocycles. The third kappa shape index (κ3) is 2.05. The molecule has 21 heavy (non-hydrogen) atoms. The van der Waals surface area contributed by atoms with E-state index in [1.54, 1.807) is 42.5 Å². The van der Waals surface area contributed by atoms with E-state index < -0.39 is 0 Å². The van der Waals surface area contributed by atoms with E-state index in [1.807, 2.05) is 12.1 Å². The SMILES string of the molecule is COc1ccccc1-c1oc2ccccc2c(=O)c1C#N. The lowest BCUT2D eigenvalue weighted by atomic mass is 10.0. The molecular formula is C17H11NO3. The van der Waals surface area contributed by atoms with Crippen LogP contribution >= 0.6 is 0 Å². The molecule has 0 aliphatic rings. The van der Waals surface area contributed by atoms with E-state index in [4.69, 9.17) is 9.15 Å². The third-order valence-electron chi connectivity index (χ3n) is 3.26. The van der Waals surface area contributed by atoms with Gasteiger partial charge in [-0.3, -0.25) is 4.79 Å². The van der Waals surface area contributed by atoms with E-state index in [-0.39, 0.29) is 16.8 Å². The third-order valence-corrected chi connectivity index (χ3v) is 3.26. The molecule has 3 aromatic rings. The Morgan fingerprint density at radius 3 is 2.57 bits per heavy atom. The lowest BCUT2D eigenvalue weighted by molar-refractivity contribution is 0.415. The molecule has 2 aromatic carbocycles. The average Bonchev–Trinajstić information content (AvgIpc) is 2.54. The van der Waals surface area contributed by atoms with Crippen LogP contribution in [0.15, 0.2) is 57.7 Å². The summed E-state index contributed by atoms with van der Waals surface area (Å²) >= 11 is 0. The van der Waals surface area contributed by atoms with Crippen molar-refractivity contribution in [2.45, 2.75) is 0 Å². The molecule has 0 aliphatic carbocycles. The van der Waals surface area contributed by atoms with Gasteiger partial charge in [0.25, 0.3) is 0 Å². The van der Waals surface area contributed by atoms with Gasteiger partial charge in [-0.1, -0.05) is 24.3 Å². The highest BCUT2D eigenvalue weighted by molar-refractivity contribution is 5.82. The predicted octanol–water partition coefficient (Wildman–Crippen LogP) is 3.34. The highest BCUT2D eigenvalue weighted by Crippen LogP contribution is 2.32. The monoisotopic (exact) mass is 277 g/mol. The smallest absolute Gasteiger partial charge is 0.211 e. The predicted molar refractivity (Wildman–Crippen MR) is 79.2 cm³/mol. The van der Waals surface area contributed by atoms with Gasteiger partial charge in [-0.25, -0.2) is 0 Å². The molecule has 3 rings (SSSR count). The molecule has 1 heterocycles. The fourth-order valence-corrected chi connectivity index (χ4v) is 2.27. The number of nitriles is 1. The summed E-state index contributed by atoms with van der Waals surface area (Å²) < 4.78 is 11.1. The summed E-state index contributed by atoms with van der Waals surface area (Å²) in [5.41, 5.74) is 0.681. The summed E-state index contributed by atoms with van der Waals surface area (Å²) in [7, 11) is 1.53. The Balaban J connectivity index is 2.43. The molecule has 0 bridgehead atoms. The first-order valence-electron chi connectivity index (χ1n) is 6.35. The number of benzene rings is 2. The van der Waals surface area contributed by atoms with Crippen molar-refractivity contribution < 1.29 is 9.15 Å². The highest BCUT2D eigenvalue weighted by atomic mass is 16.5. The number of hydrogen-bond acceptors (Lipinski definition) is 4. The largest absolute Gasteiger partial charge is 0.496 e. The van der Waals surface area contributed by atoms with Crippen molar-refractivity contribution in [3.8, 4) is 23.1 Å². The first-order valence-corrected chi connectivity index (χ1v) is 6.35. The molecule has 0 amide bonds. The molecular weight excluding hydrogens is 266 g/mol. The zero-order chi connectivity index (χ0) is 14.8. The van der Waals surface area contributed by atoms with E-state index in [0.717, 1.165) is 0 Å². The molecule has 4 heteroatoms. The Morgan fingerprint density at radius 2 is 1.81 bits per heavy atom. The van der Waals surface area contributed by atoms with Crippen molar-refractivity contribution in [3.63, 3.8) is 0 Å². The second-order valence-electron chi connectivity index (χ2n) is 4.44. The molecule has 0 N–H and O–H groups in total. The summed E-state index contributed by atoms with van der Waals surface area (Å²) in [4.78, 5) is 12.4. The van der Waals surface area contributed by atoms with Crippen LogP contribution in [-0.2, 0) is 0 Å². The van der Waals surface area contributed by atoms with Gasteiger partial charge in [-0.05, 0) is 24.3 Å². The Labute approximate surface area is 120 Å². The van der Waals surface area contributed by atoms with Crippen LogP contribution in [0, 0.1) is 11.3 Å². The van der Waals surface area contributed by atoms with Crippen molar-refractivity contribution in [3.05, 3.63) is 64.3 Å². The second-order valence-corrected chi connectivity index (χ2v) is 4.44. The van der Waals surface area contributed by atoms with Crippen LogP contribution in [0.2, 0.25) is 0 Å². The Bertz CT molecular complexity index is 919. The number of ether oxygens (including phenoxy) is 1. The van der Waals surface area contributed by atoms with Gasteiger partial charge in [-0.15, -0.1) is 0 Å². The molecule has 102 valence electrons. The first kappa shape index (κ1) is 12.9. The number of rotatable bonds is 2. The highest BCUT2D eigenvalue weighted by Gasteiger charge is 2.18. The van der Waals surface area contributed by atoms with E-state index in [0.29, 0.717) is 22.3 Å². The first-order chi connectivity index (χ1) is 10.3. The van der Waals surface area contributed by atoms with Gasteiger partial charge in [0.15, 0.2) is 5.76 Å². The number of fused-ring (bicyclic) bond motifs is 1. The van der Waals surface area contributed by atoms with Crippen LogP contribution < -0.4 is 10.2 Å². The van der Waals surface area contributed by atoms with E-state index in [2.05, 4.69) is 0 Å². The van der Waals surface area contributed by atoms with E-state index in [9.17, 15) is 10.1 Å². The maximum absolute atomic E-state index is 12.4. The van der Waals surface area contributed by atoms with Crippen molar-refractivity contribution in [1.29, 1.82) is 5.26 Å².